The Morgan fingerprint density at radius 2 is 1.94 bits per heavy atom. The van der Waals surface area contributed by atoms with Crippen LogP contribution in [0.25, 0.3) is 11.0 Å². The molecule has 4 aromatic rings. The maximum atomic E-state index is 13.2. The molecule has 0 aliphatic rings. The Labute approximate surface area is 181 Å². The smallest absolute Gasteiger partial charge is 0.416 e. The molecule has 0 radical (unpaired) electrons. The summed E-state index contributed by atoms with van der Waals surface area (Å²) in [5, 5.41) is 21.1. The topological polar surface area (TPSA) is 103 Å². The van der Waals surface area contributed by atoms with Gasteiger partial charge in [-0.25, -0.2) is 4.98 Å². The number of aliphatic hydroxyl groups excluding tert-OH is 1. The van der Waals surface area contributed by atoms with Crippen LogP contribution in [0.5, 0.6) is 0 Å². The van der Waals surface area contributed by atoms with E-state index in [2.05, 4.69) is 15.3 Å². The average molecular weight is 445 g/mol. The summed E-state index contributed by atoms with van der Waals surface area (Å²) in [4.78, 5) is 7.73. The molecule has 4 rings (SSSR count). The number of aromatic nitrogens is 3. The lowest BCUT2D eigenvalue weighted by atomic mass is 9.87. The number of aliphatic hydroxyl groups is 1. The molecule has 2 aromatic carbocycles. The molecule has 0 aliphatic carbocycles. The van der Waals surface area contributed by atoms with Gasteiger partial charge in [0.05, 0.1) is 35.3 Å². The van der Waals surface area contributed by atoms with E-state index >= 15 is 0 Å². The summed E-state index contributed by atoms with van der Waals surface area (Å²) in [6, 6.07) is 10.5. The van der Waals surface area contributed by atoms with E-state index in [1.165, 1.54) is 12.3 Å². The number of rotatable bonds is 7. The third-order valence-corrected chi connectivity index (χ3v) is 5.59. The Bertz CT molecular complexity index is 1280. The number of aromatic amines is 1. The third-order valence-electron chi connectivity index (χ3n) is 5.59. The highest BCUT2D eigenvalue weighted by atomic mass is 19.4. The van der Waals surface area contributed by atoms with Crippen LogP contribution in [0.3, 0.4) is 0 Å². The lowest BCUT2D eigenvalue weighted by Crippen LogP contribution is -2.39. The summed E-state index contributed by atoms with van der Waals surface area (Å²) < 4.78 is 46.3. The average Bonchev–Trinajstić information content (AvgIpc) is 3.37. The molecular formula is C22H22F3N5O2. The summed E-state index contributed by atoms with van der Waals surface area (Å²) in [5.41, 5.74) is 0.567. The molecule has 0 fully saturated rings. The van der Waals surface area contributed by atoms with Gasteiger partial charge < -0.3 is 19.8 Å². The highest BCUT2D eigenvalue weighted by Crippen LogP contribution is 2.35. The SMILES string of the molecule is CC[C@](CO)(Nc1nc2c(Cn3ccoc3=N)cccc2[nH]1)c1cccc(C(F)(F)F)c1. The molecule has 0 spiro atoms. The lowest BCUT2D eigenvalue weighted by Gasteiger charge is -2.33. The van der Waals surface area contributed by atoms with Crippen molar-refractivity contribution in [3.63, 3.8) is 0 Å². The Kier molecular flexibility index (Phi) is 5.55. The van der Waals surface area contributed by atoms with Crippen LogP contribution >= 0.6 is 0 Å². The van der Waals surface area contributed by atoms with Crippen LogP contribution in [-0.4, -0.2) is 26.2 Å². The second-order valence-corrected chi connectivity index (χ2v) is 7.53. The van der Waals surface area contributed by atoms with E-state index in [4.69, 9.17) is 9.83 Å². The lowest BCUT2D eigenvalue weighted by molar-refractivity contribution is -0.137. The van der Waals surface area contributed by atoms with E-state index in [0.29, 0.717) is 35.5 Å². The number of halogens is 3. The summed E-state index contributed by atoms with van der Waals surface area (Å²) in [6.07, 6.45) is -1.09. The normalized spacial score (nSPS) is 13.9. The summed E-state index contributed by atoms with van der Waals surface area (Å²) in [5.74, 6) is 0.323. The zero-order chi connectivity index (χ0) is 22.9. The number of nitrogens with zero attached hydrogens (tertiary/aromatic N) is 2. The van der Waals surface area contributed by atoms with Crippen molar-refractivity contribution in [1.82, 2.24) is 14.5 Å². The van der Waals surface area contributed by atoms with Crippen LogP contribution < -0.4 is 11.0 Å². The second kappa shape index (κ2) is 8.19. The third kappa shape index (κ3) is 4.01. The van der Waals surface area contributed by atoms with Crippen molar-refractivity contribution in [2.24, 2.45) is 0 Å². The van der Waals surface area contributed by atoms with Crippen molar-refractivity contribution in [2.45, 2.75) is 31.6 Å². The quantitative estimate of drug-likeness (QED) is 0.342. The van der Waals surface area contributed by atoms with Crippen LogP contribution in [0.1, 0.15) is 30.0 Å². The van der Waals surface area contributed by atoms with Gasteiger partial charge in [-0.05, 0) is 35.7 Å². The molecule has 0 saturated heterocycles. The second-order valence-electron chi connectivity index (χ2n) is 7.53. The maximum Gasteiger partial charge on any atom is 0.416 e. The van der Waals surface area contributed by atoms with Crippen LogP contribution in [0, 0.1) is 5.41 Å². The van der Waals surface area contributed by atoms with Crippen LogP contribution in [0.2, 0.25) is 0 Å². The van der Waals surface area contributed by atoms with Crippen LogP contribution in [0.4, 0.5) is 19.1 Å². The standard InChI is InChI=1S/C22H22F3N5O2/c1-2-21(13-31,15-6-4-7-16(11-15)22(23,24)25)29-20-27-17-8-3-5-14(18(17)28-20)12-30-9-10-32-19(30)26/h3-11,26,31H,2,12-13H2,1H3,(H2,27,28,29)/t21-/m1/s1. The molecule has 0 unspecified atom stereocenters. The van der Waals surface area contributed by atoms with Crippen molar-refractivity contribution >= 4 is 17.0 Å². The summed E-state index contributed by atoms with van der Waals surface area (Å²) in [6.45, 7) is 1.72. The van der Waals surface area contributed by atoms with Gasteiger partial charge in [0.15, 0.2) is 0 Å². The zero-order valence-corrected chi connectivity index (χ0v) is 17.2. The fourth-order valence-corrected chi connectivity index (χ4v) is 3.72. The number of imidazole rings is 1. The molecule has 168 valence electrons. The van der Waals surface area contributed by atoms with Crippen molar-refractivity contribution < 1.29 is 22.7 Å². The van der Waals surface area contributed by atoms with E-state index in [1.54, 1.807) is 23.8 Å². The van der Waals surface area contributed by atoms with E-state index in [-0.39, 0.29) is 5.68 Å². The number of nitrogens with one attached hydrogen (secondary N) is 3. The van der Waals surface area contributed by atoms with Gasteiger partial charge in [-0.15, -0.1) is 0 Å². The number of H-pyrrole nitrogens is 1. The van der Waals surface area contributed by atoms with Gasteiger partial charge in [0, 0.05) is 6.20 Å². The number of benzene rings is 2. The molecule has 2 heterocycles. The van der Waals surface area contributed by atoms with E-state index in [1.807, 2.05) is 18.2 Å². The fourth-order valence-electron chi connectivity index (χ4n) is 3.72. The van der Waals surface area contributed by atoms with Crippen LogP contribution in [-0.2, 0) is 18.3 Å². The van der Waals surface area contributed by atoms with Gasteiger partial charge >= 0.3 is 6.18 Å². The van der Waals surface area contributed by atoms with E-state index < -0.39 is 23.9 Å². The van der Waals surface area contributed by atoms with Crippen molar-refractivity contribution in [3.05, 3.63) is 77.3 Å². The number of anilines is 1. The molecule has 1 atom stereocenters. The Morgan fingerprint density at radius 3 is 2.59 bits per heavy atom. The number of oxazole rings is 1. The molecule has 2 aromatic heterocycles. The van der Waals surface area contributed by atoms with Crippen molar-refractivity contribution in [3.8, 4) is 0 Å². The summed E-state index contributed by atoms with van der Waals surface area (Å²) >= 11 is 0. The molecule has 0 aliphatic heterocycles. The Balaban J connectivity index is 1.71. The Morgan fingerprint density at radius 1 is 1.19 bits per heavy atom. The number of alkyl halides is 3. The minimum Gasteiger partial charge on any atom is -0.432 e. The molecule has 7 nitrogen and oxygen atoms in total. The molecule has 0 bridgehead atoms. The van der Waals surface area contributed by atoms with Gasteiger partial charge in [-0.2, -0.15) is 13.2 Å². The minimum absolute atomic E-state index is 0.00529. The molecular weight excluding hydrogens is 423 g/mol. The van der Waals surface area contributed by atoms with E-state index in [9.17, 15) is 18.3 Å². The van der Waals surface area contributed by atoms with Gasteiger partial charge in [0.1, 0.15) is 6.26 Å². The highest BCUT2D eigenvalue weighted by molar-refractivity contribution is 5.81. The van der Waals surface area contributed by atoms with Gasteiger partial charge in [-0.1, -0.05) is 31.2 Å². The number of hydrogen-bond acceptors (Lipinski definition) is 5. The number of hydrogen-bond donors (Lipinski definition) is 4. The highest BCUT2D eigenvalue weighted by Gasteiger charge is 2.35. The fraction of sp³-hybridized carbons (Fsp3) is 0.273. The molecule has 10 heteroatoms. The summed E-state index contributed by atoms with van der Waals surface area (Å²) in [7, 11) is 0. The maximum absolute atomic E-state index is 13.2. The van der Waals surface area contributed by atoms with Crippen molar-refractivity contribution in [1.29, 1.82) is 5.41 Å². The zero-order valence-electron chi connectivity index (χ0n) is 17.2. The Hall–Kier alpha value is -3.53. The molecule has 32 heavy (non-hydrogen) atoms. The molecule has 4 N–H and O–H groups in total. The van der Waals surface area contributed by atoms with Gasteiger partial charge in [0.25, 0.3) is 5.68 Å². The molecule has 0 amide bonds. The minimum atomic E-state index is -4.49. The van der Waals surface area contributed by atoms with Gasteiger partial charge in [0.2, 0.25) is 5.95 Å². The van der Waals surface area contributed by atoms with Gasteiger partial charge in [-0.3, -0.25) is 9.98 Å². The predicted octanol–water partition coefficient (Wildman–Crippen LogP) is 4.21. The first-order chi connectivity index (χ1) is 15.3. The van der Waals surface area contributed by atoms with E-state index in [0.717, 1.165) is 17.7 Å². The largest absolute Gasteiger partial charge is 0.432 e. The first-order valence-corrected chi connectivity index (χ1v) is 9.98. The first-order valence-electron chi connectivity index (χ1n) is 9.98. The van der Waals surface area contributed by atoms with Crippen molar-refractivity contribution in [2.75, 3.05) is 11.9 Å². The monoisotopic (exact) mass is 445 g/mol. The number of para-hydroxylation sites is 1. The molecule has 0 saturated carbocycles. The predicted molar refractivity (Wildman–Crippen MR) is 112 cm³/mol. The first kappa shape index (κ1) is 21.7. The number of fused-ring (bicyclic) bond motifs is 1. The van der Waals surface area contributed by atoms with Crippen LogP contribution in [0.15, 0.2) is 59.3 Å².